The topological polar surface area (TPSA) is 46.2 Å². The average Bonchev–Trinajstić information content (AvgIpc) is 2.82. The largest absolute Gasteiger partial charge is 0.397 e. The summed E-state index contributed by atoms with van der Waals surface area (Å²) in [5.41, 5.74) is -0.781. The van der Waals surface area contributed by atoms with Crippen molar-refractivity contribution in [3.05, 3.63) is 58.8 Å². The minimum atomic E-state index is -5.00. The lowest BCUT2D eigenvalue weighted by Gasteiger charge is -2.27. The van der Waals surface area contributed by atoms with E-state index in [1.165, 1.54) is 6.07 Å². The summed E-state index contributed by atoms with van der Waals surface area (Å²) in [5.74, 6) is -4.99. The Hall–Kier alpha value is -1.23. The molecule has 11 heteroatoms. The fraction of sp³-hybridized carbons (Fsp3) is 0.214. The molecule has 1 N–H and O–H groups in total. The first-order valence-corrected chi connectivity index (χ1v) is 9.21. The van der Waals surface area contributed by atoms with E-state index in [2.05, 4.69) is 6.92 Å². The fourth-order valence-electron chi connectivity index (χ4n) is 2.17. The van der Waals surface area contributed by atoms with Crippen molar-refractivity contribution in [3.8, 4) is 0 Å². The summed E-state index contributed by atoms with van der Waals surface area (Å²) in [4.78, 5) is 0. The van der Waals surface area contributed by atoms with Crippen LogP contribution in [0.5, 0.6) is 0 Å². The van der Waals surface area contributed by atoms with Gasteiger partial charge in [0, 0.05) is 12.1 Å². The van der Waals surface area contributed by atoms with Crippen molar-refractivity contribution in [1.29, 1.82) is 0 Å². The molecule has 3 nitrogen and oxygen atoms in total. The van der Waals surface area contributed by atoms with Crippen LogP contribution in [-0.2, 0) is 10.0 Å². The maximum absolute atomic E-state index is 13.4. The van der Waals surface area contributed by atoms with Gasteiger partial charge in [0.05, 0.1) is 10.3 Å². The minimum Gasteiger partial charge on any atom is -0.207 e. The molecule has 0 aliphatic heterocycles. The number of thiophene rings is 1. The Morgan fingerprint density at radius 3 is 2.12 bits per heavy atom. The van der Waals surface area contributed by atoms with Gasteiger partial charge >= 0.3 is 6.18 Å². The Labute approximate surface area is 149 Å². The van der Waals surface area contributed by atoms with Gasteiger partial charge in [-0.2, -0.15) is 13.2 Å². The molecule has 137 valence electrons. The zero-order valence-electron chi connectivity index (χ0n) is 12.1. The Kier molecular flexibility index (Phi) is 5.77. The molecule has 0 spiro atoms. The van der Waals surface area contributed by atoms with Crippen LogP contribution < -0.4 is 4.72 Å². The Bertz CT molecular complexity index is 846. The van der Waals surface area contributed by atoms with Crippen LogP contribution in [0.25, 0.3) is 0 Å². The molecule has 0 bridgehead atoms. The SMILES string of the molecule is [CH2][C@H](NS(=O)(=O)c1ccc(Cl)s1)[C@@H](c1cc(F)cc(F)c1)C(F)(F)F. The number of hydrogen-bond acceptors (Lipinski definition) is 3. The van der Waals surface area contributed by atoms with E-state index >= 15 is 0 Å². The predicted octanol–water partition coefficient (Wildman–Crippen LogP) is 4.51. The zero-order valence-corrected chi connectivity index (χ0v) is 14.5. The second-order valence-electron chi connectivity index (χ2n) is 5.01. The van der Waals surface area contributed by atoms with Crippen molar-refractivity contribution in [1.82, 2.24) is 4.72 Å². The lowest BCUT2D eigenvalue weighted by Crippen LogP contribution is -2.42. The van der Waals surface area contributed by atoms with Gasteiger partial charge in [-0.15, -0.1) is 11.3 Å². The van der Waals surface area contributed by atoms with Crippen LogP contribution in [-0.4, -0.2) is 20.6 Å². The number of nitrogens with one attached hydrogen (secondary N) is 1. The summed E-state index contributed by atoms with van der Waals surface area (Å²) >= 11 is 6.26. The first-order valence-electron chi connectivity index (χ1n) is 6.53. The molecular weight excluding hydrogens is 409 g/mol. The van der Waals surface area contributed by atoms with Crippen molar-refractivity contribution in [2.75, 3.05) is 0 Å². The summed E-state index contributed by atoms with van der Waals surface area (Å²) in [5, 5.41) is 0. The van der Waals surface area contributed by atoms with Crippen LogP contribution in [0.4, 0.5) is 22.0 Å². The quantitative estimate of drug-likeness (QED) is 0.726. The van der Waals surface area contributed by atoms with E-state index in [9.17, 15) is 30.4 Å². The number of benzene rings is 1. The summed E-state index contributed by atoms with van der Waals surface area (Å²) in [6, 6.07) is 1.79. The van der Waals surface area contributed by atoms with Gasteiger partial charge in [-0.05, 0) is 36.8 Å². The summed E-state index contributed by atoms with van der Waals surface area (Å²) in [6.07, 6.45) is -5.00. The number of alkyl halides is 3. The fourth-order valence-corrected chi connectivity index (χ4v) is 4.84. The monoisotopic (exact) mass is 418 g/mol. The Balaban J connectivity index is 2.38. The smallest absolute Gasteiger partial charge is 0.207 e. The van der Waals surface area contributed by atoms with Gasteiger partial charge in [0.1, 0.15) is 15.8 Å². The highest BCUT2D eigenvalue weighted by molar-refractivity contribution is 7.91. The Morgan fingerprint density at radius 1 is 1.12 bits per heavy atom. The number of hydrogen-bond donors (Lipinski definition) is 1. The normalized spacial score (nSPS) is 15.2. The maximum Gasteiger partial charge on any atom is 0.397 e. The van der Waals surface area contributed by atoms with Crippen LogP contribution in [0.1, 0.15) is 11.5 Å². The van der Waals surface area contributed by atoms with Crippen LogP contribution in [0.15, 0.2) is 34.5 Å². The summed E-state index contributed by atoms with van der Waals surface area (Å²) in [7, 11) is -4.34. The molecule has 2 rings (SSSR count). The van der Waals surface area contributed by atoms with Gasteiger partial charge in [-0.25, -0.2) is 21.9 Å². The number of halogens is 6. The molecule has 0 fully saturated rings. The molecule has 1 radical (unpaired) electrons. The lowest BCUT2D eigenvalue weighted by molar-refractivity contribution is -0.153. The molecule has 2 aromatic rings. The van der Waals surface area contributed by atoms with E-state index in [1.807, 2.05) is 0 Å². The van der Waals surface area contributed by atoms with Crippen molar-refractivity contribution < 1.29 is 30.4 Å². The molecule has 1 aromatic heterocycles. The van der Waals surface area contributed by atoms with Gasteiger partial charge < -0.3 is 0 Å². The van der Waals surface area contributed by atoms with Crippen LogP contribution in [0, 0.1) is 18.6 Å². The van der Waals surface area contributed by atoms with Crippen LogP contribution >= 0.6 is 22.9 Å². The molecular formula is C14H10ClF5NO2S2. The molecule has 1 aromatic carbocycles. The van der Waals surface area contributed by atoms with Crippen molar-refractivity contribution in [2.24, 2.45) is 0 Å². The standard InChI is InChI=1S/C14H10ClF5NO2S2/c1-7(21-25(22,23)12-3-2-11(15)24-12)13(14(18,19)20)8-4-9(16)6-10(17)5-8/h2-7,13,21H,1H2/t7-,13-/m0/s1. The highest BCUT2D eigenvalue weighted by Gasteiger charge is 2.45. The Morgan fingerprint density at radius 2 is 1.68 bits per heavy atom. The second-order valence-corrected chi connectivity index (χ2v) is 8.66. The van der Waals surface area contributed by atoms with Crippen LogP contribution in [0.2, 0.25) is 4.34 Å². The lowest BCUT2D eigenvalue weighted by atomic mass is 9.92. The van der Waals surface area contributed by atoms with Crippen molar-refractivity contribution >= 4 is 33.0 Å². The van der Waals surface area contributed by atoms with Gasteiger partial charge in [-0.1, -0.05) is 11.6 Å². The van der Waals surface area contributed by atoms with Crippen LogP contribution in [0.3, 0.4) is 0 Å². The van der Waals surface area contributed by atoms with Crippen molar-refractivity contribution in [2.45, 2.75) is 22.3 Å². The highest BCUT2D eigenvalue weighted by Crippen LogP contribution is 2.38. The molecule has 25 heavy (non-hydrogen) atoms. The molecule has 0 amide bonds. The molecule has 2 atom stereocenters. The molecule has 0 saturated carbocycles. The number of rotatable bonds is 5. The molecule has 0 aliphatic rings. The van der Waals surface area contributed by atoms with Gasteiger partial charge in [0.25, 0.3) is 0 Å². The molecule has 0 unspecified atom stereocenters. The first-order chi connectivity index (χ1) is 11.4. The van der Waals surface area contributed by atoms with Gasteiger partial charge in [-0.3, -0.25) is 0 Å². The zero-order chi connectivity index (χ0) is 19.0. The molecule has 0 aliphatic carbocycles. The third-order valence-corrected chi connectivity index (χ3v) is 6.33. The van der Waals surface area contributed by atoms with E-state index in [1.54, 1.807) is 4.72 Å². The van der Waals surface area contributed by atoms with E-state index in [0.717, 1.165) is 6.07 Å². The number of sulfonamides is 1. The minimum absolute atomic E-state index is 0.126. The molecule has 0 saturated heterocycles. The van der Waals surface area contributed by atoms with E-state index in [4.69, 9.17) is 11.6 Å². The second kappa shape index (κ2) is 7.18. The predicted molar refractivity (Wildman–Crippen MR) is 83.9 cm³/mol. The van der Waals surface area contributed by atoms with Crippen molar-refractivity contribution in [3.63, 3.8) is 0 Å². The van der Waals surface area contributed by atoms with E-state index < -0.39 is 45.4 Å². The summed E-state index contributed by atoms with van der Waals surface area (Å²) < 4.78 is 92.5. The highest BCUT2D eigenvalue weighted by atomic mass is 35.5. The van der Waals surface area contributed by atoms with Gasteiger partial charge in [0.15, 0.2) is 0 Å². The average molecular weight is 419 g/mol. The van der Waals surface area contributed by atoms with E-state index in [0.29, 0.717) is 29.5 Å². The molecule has 1 heterocycles. The van der Waals surface area contributed by atoms with E-state index in [-0.39, 0.29) is 8.55 Å². The summed E-state index contributed by atoms with van der Waals surface area (Å²) in [6.45, 7) is 3.17. The first kappa shape index (κ1) is 20.1. The maximum atomic E-state index is 13.4. The third kappa shape index (κ3) is 4.90. The van der Waals surface area contributed by atoms with Gasteiger partial charge in [0.2, 0.25) is 10.0 Å². The third-order valence-electron chi connectivity index (χ3n) is 3.12.